The lowest BCUT2D eigenvalue weighted by molar-refractivity contribution is 0.0243. The quantitative estimate of drug-likeness (QED) is 0.777. The van der Waals surface area contributed by atoms with Crippen molar-refractivity contribution in [3.05, 3.63) is 23.2 Å². The van der Waals surface area contributed by atoms with E-state index in [-0.39, 0.29) is 18.0 Å². The topological polar surface area (TPSA) is 75.1 Å². The molecule has 3 saturated heterocycles. The van der Waals surface area contributed by atoms with E-state index in [9.17, 15) is 9.70 Å². The van der Waals surface area contributed by atoms with Crippen LogP contribution in [0.15, 0.2) is 23.5 Å². The highest BCUT2D eigenvalue weighted by Gasteiger charge is 2.38. The number of ether oxygens (including phenoxy) is 1. The Bertz CT molecular complexity index is 611. The number of nitrogens with zero attached hydrogens (tertiary/aromatic N) is 4. The Labute approximate surface area is 142 Å². The van der Waals surface area contributed by atoms with Crippen molar-refractivity contribution in [1.82, 2.24) is 9.88 Å². The van der Waals surface area contributed by atoms with Gasteiger partial charge >= 0.3 is 6.09 Å². The molecule has 4 rings (SSSR count). The predicted molar refractivity (Wildman–Crippen MR) is 91.4 cm³/mol. The summed E-state index contributed by atoms with van der Waals surface area (Å²) in [7, 11) is 0. The van der Waals surface area contributed by atoms with E-state index >= 15 is 0 Å². The number of nitroso groups, excluding NO2 is 1. The smallest absolute Gasteiger partial charge is 0.410 e. The van der Waals surface area contributed by atoms with Gasteiger partial charge in [-0.1, -0.05) is 0 Å². The molecule has 7 nitrogen and oxygen atoms in total. The number of carbonyl (C=O) groups excluding carboxylic acids is 1. The van der Waals surface area contributed by atoms with Crippen LogP contribution in [0.4, 0.5) is 16.3 Å². The Morgan fingerprint density at radius 3 is 2.67 bits per heavy atom. The first kappa shape index (κ1) is 16.7. The van der Waals surface area contributed by atoms with E-state index in [0.29, 0.717) is 12.5 Å². The van der Waals surface area contributed by atoms with Crippen LogP contribution < -0.4 is 4.90 Å². The highest BCUT2D eigenvalue weighted by molar-refractivity contribution is 5.68. The van der Waals surface area contributed by atoms with Crippen molar-refractivity contribution in [2.75, 3.05) is 24.5 Å². The van der Waals surface area contributed by atoms with Crippen LogP contribution in [0.1, 0.15) is 33.6 Å². The molecule has 4 heterocycles. The maximum atomic E-state index is 12.4. The summed E-state index contributed by atoms with van der Waals surface area (Å²) < 4.78 is 5.54. The molecule has 1 aromatic rings. The summed E-state index contributed by atoms with van der Waals surface area (Å²) in [4.78, 5) is 31.2. The molecule has 24 heavy (non-hydrogen) atoms. The van der Waals surface area contributed by atoms with Gasteiger partial charge in [-0.15, -0.1) is 4.91 Å². The second-order valence-corrected chi connectivity index (χ2v) is 7.60. The molecule has 0 saturated carbocycles. The molecule has 7 heteroatoms. The molecule has 1 amide bonds. The summed E-state index contributed by atoms with van der Waals surface area (Å²) in [6.45, 7) is 7.93. The van der Waals surface area contributed by atoms with E-state index < -0.39 is 5.60 Å². The van der Waals surface area contributed by atoms with Crippen LogP contribution in [0.3, 0.4) is 0 Å². The zero-order valence-electron chi connectivity index (χ0n) is 14.4. The molecule has 2 bridgehead atoms. The number of pyridine rings is 1. The molecule has 0 aliphatic carbocycles. The van der Waals surface area contributed by atoms with E-state index in [1.165, 1.54) is 0 Å². The number of anilines is 1. The number of amides is 1. The standard InChI is InChI=1S/C17H24N4O3/c1-17(2,3)24-16(22)20-9-12-4-5-14(11-20)21(10-12)13-6-7-15(19-23)18-8-13/h6-8,12,14H,4-5,9-11H2,1-3H3. The van der Waals surface area contributed by atoms with Crippen LogP contribution in [0.2, 0.25) is 0 Å². The molecule has 3 aliphatic rings. The minimum atomic E-state index is -0.482. The fourth-order valence-corrected chi connectivity index (χ4v) is 3.48. The van der Waals surface area contributed by atoms with Gasteiger partial charge in [-0.3, -0.25) is 0 Å². The second-order valence-electron chi connectivity index (χ2n) is 7.60. The normalized spacial score (nSPS) is 23.8. The SMILES string of the molecule is CC(C)(C)OC(=O)N1CC2CCC(C1)N(c1ccc(N=O)nc1)C2. The van der Waals surface area contributed by atoms with Gasteiger partial charge in [0, 0.05) is 25.7 Å². The molecule has 0 spiro atoms. The molecule has 130 valence electrons. The van der Waals surface area contributed by atoms with E-state index in [4.69, 9.17) is 4.74 Å². The zero-order chi connectivity index (χ0) is 17.3. The van der Waals surface area contributed by atoms with E-state index in [0.717, 1.165) is 31.6 Å². The van der Waals surface area contributed by atoms with Gasteiger partial charge < -0.3 is 14.5 Å². The van der Waals surface area contributed by atoms with Gasteiger partial charge in [0.2, 0.25) is 0 Å². The third-order valence-electron chi connectivity index (χ3n) is 4.52. The molecule has 3 aliphatic heterocycles. The average molecular weight is 332 g/mol. The maximum absolute atomic E-state index is 12.4. The van der Waals surface area contributed by atoms with Crippen LogP contribution >= 0.6 is 0 Å². The van der Waals surface area contributed by atoms with Crippen molar-refractivity contribution in [3.63, 3.8) is 0 Å². The van der Waals surface area contributed by atoms with Crippen LogP contribution in [0.25, 0.3) is 0 Å². The fourth-order valence-electron chi connectivity index (χ4n) is 3.48. The van der Waals surface area contributed by atoms with Crippen LogP contribution in [-0.2, 0) is 4.74 Å². The first-order valence-corrected chi connectivity index (χ1v) is 8.40. The summed E-state index contributed by atoms with van der Waals surface area (Å²) in [5.74, 6) is 0.606. The fraction of sp³-hybridized carbons (Fsp3) is 0.647. The molecule has 0 aromatic carbocycles. The molecule has 1 aromatic heterocycles. The average Bonchev–Trinajstić information content (AvgIpc) is 2.85. The van der Waals surface area contributed by atoms with Crippen LogP contribution in [0, 0.1) is 10.8 Å². The molecule has 2 atom stereocenters. The van der Waals surface area contributed by atoms with Crippen LogP contribution in [0.5, 0.6) is 0 Å². The lowest BCUT2D eigenvalue weighted by Gasteiger charge is -2.37. The lowest BCUT2D eigenvalue weighted by Crippen LogP contribution is -2.45. The van der Waals surface area contributed by atoms with Crippen molar-refractivity contribution in [3.8, 4) is 0 Å². The van der Waals surface area contributed by atoms with Gasteiger partial charge in [0.15, 0.2) is 5.82 Å². The van der Waals surface area contributed by atoms with Crippen molar-refractivity contribution in [2.45, 2.75) is 45.3 Å². The van der Waals surface area contributed by atoms with Crippen molar-refractivity contribution < 1.29 is 9.53 Å². The summed E-state index contributed by atoms with van der Waals surface area (Å²) in [6, 6.07) is 3.75. The first-order chi connectivity index (χ1) is 11.4. The summed E-state index contributed by atoms with van der Waals surface area (Å²) in [5.41, 5.74) is 0.493. The summed E-state index contributed by atoms with van der Waals surface area (Å²) >= 11 is 0. The molecule has 3 fully saturated rings. The highest BCUT2D eigenvalue weighted by Crippen LogP contribution is 2.32. The van der Waals surface area contributed by atoms with Gasteiger partial charge in [-0.05, 0) is 56.8 Å². The van der Waals surface area contributed by atoms with Crippen molar-refractivity contribution >= 4 is 17.6 Å². The van der Waals surface area contributed by atoms with Crippen molar-refractivity contribution in [1.29, 1.82) is 0 Å². The summed E-state index contributed by atoms with van der Waals surface area (Å²) in [5, 5.41) is 2.84. The maximum Gasteiger partial charge on any atom is 0.410 e. The van der Waals surface area contributed by atoms with Gasteiger partial charge in [-0.25, -0.2) is 9.78 Å². The number of hydrogen-bond donors (Lipinski definition) is 0. The molecule has 2 unspecified atom stereocenters. The molecule has 0 N–H and O–H groups in total. The number of aromatic nitrogens is 1. The Hall–Kier alpha value is -2.18. The van der Waals surface area contributed by atoms with Crippen molar-refractivity contribution in [2.24, 2.45) is 11.1 Å². The van der Waals surface area contributed by atoms with Gasteiger partial charge in [-0.2, -0.15) is 0 Å². The Balaban J connectivity index is 1.75. The van der Waals surface area contributed by atoms with Gasteiger partial charge in [0.05, 0.1) is 11.9 Å². The first-order valence-electron chi connectivity index (χ1n) is 8.40. The number of hydrogen-bond acceptors (Lipinski definition) is 6. The van der Waals surface area contributed by atoms with E-state index in [1.54, 1.807) is 12.3 Å². The Morgan fingerprint density at radius 1 is 1.25 bits per heavy atom. The monoisotopic (exact) mass is 332 g/mol. The lowest BCUT2D eigenvalue weighted by atomic mass is 9.94. The third kappa shape index (κ3) is 3.66. The highest BCUT2D eigenvalue weighted by atomic mass is 16.6. The molecular formula is C17H24N4O3. The van der Waals surface area contributed by atoms with E-state index in [1.807, 2.05) is 31.7 Å². The number of fused-ring (bicyclic) bond motifs is 4. The zero-order valence-corrected chi connectivity index (χ0v) is 14.4. The molecule has 0 radical (unpaired) electrons. The third-order valence-corrected chi connectivity index (χ3v) is 4.52. The largest absolute Gasteiger partial charge is 0.444 e. The second kappa shape index (κ2) is 6.37. The minimum absolute atomic E-state index is 0.189. The number of carbonyl (C=O) groups is 1. The predicted octanol–water partition coefficient (Wildman–Crippen LogP) is 3.32. The van der Waals surface area contributed by atoms with Crippen LogP contribution in [-0.4, -0.2) is 47.3 Å². The van der Waals surface area contributed by atoms with E-state index in [2.05, 4.69) is 15.1 Å². The Morgan fingerprint density at radius 2 is 2.04 bits per heavy atom. The van der Waals surface area contributed by atoms with Gasteiger partial charge in [0.1, 0.15) is 5.60 Å². The Kier molecular flexibility index (Phi) is 4.43. The molecular weight excluding hydrogens is 308 g/mol. The minimum Gasteiger partial charge on any atom is -0.444 e. The summed E-state index contributed by atoms with van der Waals surface area (Å²) in [6.07, 6.45) is 3.61. The number of piperidine rings is 1. The van der Waals surface area contributed by atoms with Gasteiger partial charge in [0.25, 0.3) is 0 Å². The number of rotatable bonds is 2.